The van der Waals surface area contributed by atoms with Crippen molar-refractivity contribution in [3.8, 4) is 0 Å². The monoisotopic (exact) mass is 241 g/mol. The Morgan fingerprint density at radius 2 is 2.56 bits per heavy atom. The highest BCUT2D eigenvalue weighted by molar-refractivity contribution is 7.99. The van der Waals surface area contributed by atoms with Crippen LogP contribution in [0.5, 0.6) is 0 Å². The molecule has 0 spiro atoms. The molecule has 1 aliphatic heterocycles. The first-order valence-electron chi connectivity index (χ1n) is 5.35. The van der Waals surface area contributed by atoms with Crippen LogP contribution in [0.15, 0.2) is 16.7 Å². The molecule has 0 saturated carbocycles. The van der Waals surface area contributed by atoms with Crippen LogP contribution in [-0.4, -0.2) is 29.1 Å². The minimum Gasteiger partial charge on any atom is -0.475 e. The predicted octanol–water partition coefficient (Wildman–Crippen LogP) is 1.82. The van der Waals surface area contributed by atoms with E-state index in [9.17, 15) is 4.79 Å². The number of carbonyl (C=O) groups is 1. The molecule has 0 aliphatic carbocycles. The zero-order valence-corrected chi connectivity index (χ0v) is 9.76. The van der Waals surface area contributed by atoms with Crippen molar-refractivity contribution in [2.45, 2.75) is 13.0 Å². The molecular formula is C11H15NO3S. The van der Waals surface area contributed by atoms with Crippen molar-refractivity contribution in [2.75, 3.05) is 18.1 Å². The van der Waals surface area contributed by atoms with Crippen molar-refractivity contribution in [3.63, 3.8) is 0 Å². The van der Waals surface area contributed by atoms with E-state index in [1.54, 1.807) is 6.07 Å². The lowest BCUT2D eigenvalue weighted by molar-refractivity contribution is 0.0660. The van der Waals surface area contributed by atoms with Crippen LogP contribution >= 0.6 is 11.8 Å². The molecule has 1 atom stereocenters. The molecule has 0 amide bonds. The molecule has 5 heteroatoms. The van der Waals surface area contributed by atoms with Crippen LogP contribution in [0.3, 0.4) is 0 Å². The Labute approximate surface area is 98.4 Å². The van der Waals surface area contributed by atoms with Gasteiger partial charge >= 0.3 is 5.97 Å². The summed E-state index contributed by atoms with van der Waals surface area (Å²) >= 11 is 1.99. The van der Waals surface area contributed by atoms with Gasteiger partial charge < -0.3 is 14.8 Å². The number of furan rings is 1. The second kappa shape index (κ2) is 5.41. The van der Waals surface area contributed by atoms with Crippen LogP contribution in [0.1, 0.15) is 22.5 Å². The molecule has 4 nitrogen and oxygen atoms in total. The van der Waals surface area contributed by atoms with Crippen molar-refractivity contribution in [3.05, 3.63) is 23.7 Å². The van der Waals surface area contributed by atoms with Gasteiger partial charge in [-0.25, -0.2) is 4.79 Å². The van der Waals surface area contributed by atoms with E-state index in [0.29, 0.717) is 6.54 Å². The van der Waals surface area contributed by atoms with Gasteiger partial charge in [0.1, 0.15) is 0 Å². The number of hydrogen-bond donors (Lipinski definition) is 2. The van der Waals surface area contributed by atoms with Gasteiger partial charge in [0.15, 0.2) is 0 Å². The van der Waals surface area contributed by atoms with E-state index in [2.05, 4.69) is 5.32 Å². The van der Waals surface area contributed by atoms with Gasteiger partial charge in [-0.3, -0.25) is 0 Å². The minimum atomic E-state index is -1.00. The molecule has 2 N–H and O–H groups in total. The van der Waals surface area contributed by atoms with E-state index in [4.69, 9.17) is 9.52 Å². The van der Waals surface area contributed by atoms with Gasteiger partial charge in [-0.15, -0.1) is 0 Å². The van der Waals surface area contributed by atoms with Gasteiger partial charge in [-0.1, -0.05) is 0 Å². The van der Waals surface area contributed by atoms with E-state index in [0.717, 1.165) is 18.0 Å². The number of carboxylic acid groups (broad SMARTS) is 1. The molecule has 1 saturated heterocycles. The first-order valence-corrected chi connectivity index (χ1v) is 6.51. The molecule has 1 aromatic heterocycles. The fourth-order valence-corrected chi connectivity index (χ4v) is 3.10. The normalized spacial score (nSPS) is 20.1. The third-order valence-electron chi connectivity index (χ3n) is 2.71. The topological polar surface area (TPSA) is 62.5 Å². The van der Waals surface area contributed by atoms with Gasteiger partial charge in [0.05, 0.1) is 6.26 Å². The maximum atomic E-state index is 10.8. The second-order valence-corrected chi connectivity index (χ2v) is 5.09. The number of thioether (sulfide) groups is 1. The molecular weight excluding hydrogens is 226 g/mol. The largest absolute Gasteiger partial charge is 0.475 e. The third-order valence-corrected chi connectivity index (χ3v) is 3.94. The number of rotatable bonds is 5. The molecule has 88 valence electrons. The lowest BCUT2D eigenvalue weighted by Gasteiger charge is -2.09. The summed E-state index contributed by atoms with van der Waals surface area (Å²) in [4.78, 5) is 10.8. The summed E-state index contributed by atoms with van der Waals surface area (Å²) in [7, 11) is 0. The Kier molecular flexibility index (Phi) is 3.90. The van der Waals surface area contributed by atoms with Crippen molar-refractivity contribution < 1.29 is 14.3 Å². The van der Waals surface area contributed by atoms with Crippen molar-refractivity contribution in [1.82, 2.24) is 5.32 Å². The SMILES string of the molecule is O=C(O)c1occc1CNCC1CCSC1. The average Bonchev–Trinajstić information content (AvgIpc) is 2.87. The molecule has 0 aromatic carbocycles. The van der Waals surface area contributed by atoms with Crippen LogP contribution < -0.4 is 5.32 Å². The van der Waals surface area contributed by atoms with Gasteiger partial charge in [0, 0.05) is 12.1 Å². The summed E-state index contributed by atoms with van der Waals surface area (Å²) in [5.41, 5.74) is 0.721. The zero-order chi connectivity index (χ0) is 11.4. The Morgan fingerprint density at radius 1 is 1.69 bits per heavy atom. The molecule has 1 fully saturated rings. The Morgan fingerprint density at radius 3 is 3.25 bits per heavy atom. The van der Waals surface area contributed by atoms with Crippen LogP contribution in [0, 0.1) is 5.92 Å². The van der Waals surface area contributed by atoms with E-state index in [-0.39, 0.29) is 5.76 Å². The molecule has 2 heterocycles. The molecule has 1 unspecified atom stereocenters. The summed E-state index contributed by atoms with van der Waals surface area (Å²) in [6.07, 6.45) is 2.68. The summed E-state index contributed by atoms with van der Waals surface area (Å²) in [5.74, 6) is 2.24. The number of aromatic carboxylic acids is 1. The fraction of sp³-hybridized carbons (Fsp3) is 0.545. The number of carboxylic acids is 1. The van der Waals surface area contributed by atoms with Crippen molar-refractivity contribution >= 4 is 17.7 Å². The van der Waals surface area contributed by atoms with Crippen LogP contribution in [-0.2, 0) is 6.54 Å². The molecule has 1 aliphatic rings. The second-order valence-electron chi connectivity index (χ2n) is 3.94. The van der Waals surface area contributed by atoms with Crippen LogP contribution in [0.4, 0.5) is 0 Å². The lowest BCUT2D eigenvalue weighted by Crippen LogP contribution is -2.22. The molecule has 0 bridgehead atoms. The molecule has 2 rings (SSSR count). The summed E-state index contributed by atoms with van der Waals surface area (Å²) in [5, 5.41) is 12.1. The molecule has 1 aromatic rings. The van der Waals surface area contributed by atoms with Crippen LogP contribution in [0.2, 0.25) is 0 Å². The summed E-state index contributed by atoms with van der Waals surface area (Å²) < 4.78 is 4.90. The van der Waals surface area contributed by atoms with E-state index < -0.39 is 5.97 Å². The maximum absolute atomic E-state index is 10.8. The van der Waals surface area contributed by atoms with Gasteiger partial charge in [-0.2, -0.15) is 11.8 Å². The van der Waals surface area contributed by atoms with Gasteiger partial charge in [0.25, 0.3) is 0 Å². The van der Waals surface area contributed by atoms with Crippen LogP contribution in [0.25, 0.3) is 0 Å². The van der Waals surface area contributed by atoms with Gasteiger partial charge in [-0.05, 0) is 36.5 Å². The maximum Gasteiger partial charge on any atom is 0.372 e. The predicted molar refractivity (Wildman–Crippen MR) is 62.8 cm³/mol. The highest BCUT2D eigenvalue weighted by Gasteiger charge is 2.16. The van der Waals surface area contributed by atoms with Crippen molar-refractivity contribution in [1.29, 1.82) is 0 Å². The first-order chi connectivity index (χ1) is 7.77. The highest BCUT2D eigenvalue weighted by atomic mass is 32.2. The zero-order valence-electron chi connectivity index (χ0n) is 8.94. The summed E-state index contributed by atoms with van der Waals surface area (Å²) in [6, 6.07) is 1.71. The summed E-state index contributed by atoms with van der Waals surface area (Å²) in [6.45, 7) is 1.52. The lowest BCUT2D eigenvalue weighted by atomic mass is 10.1. The standard InChI is InChI=1S/C11H15NO3S/c13-11(14)10-9(1-3-15-10)6-12-5-8-2-4-16-7-8/h1,3,8,12H,2,4-7H2,(H,13,14). The number of hydrogen-bond acceptors (Lipinski definition) is 4. The fourth-order valence-electron chi connectivity index (χ4n) is 1.82. The molecule has 0 radical (unpaired) electrons. The van der Waals surface area contributed by atoms with E-state index in [1.165, 1.54) is 24.2 Å². The third kappa shape index (κ3) is 2.80. The molecule has 16 heavy (non-hydrogen) atoms. The first kappa shape index (κ1) is 11.5. The Hall–Kier alpha value is -0.940. The Balaban J connectivity index is 1.80. The average molecular weight is 241 g/mol. The highest BCUT2D eigenvalue weighted by Crippen LogP contribution is 2.22. The Bertz CT molecular complexity index is 358. The van der Waals surface area contributed by atoms with E-state index >= 15 is 0 Å². The smallest absolute Gasteiger partial charge is 0.372 e. The van der Waals surface area contributed by atoms with E-state index in [1.807, 2.05) is 11.8 Å². The van der Waals surface area contributed by atoms with Crippen molar-refractivity contribution in [2.24, 2.45) is 5.92 Å². The quantitative estimate of drug-likeness (QED) is 0.823. The minimum absolute atomic E-state index is 0.0493. The number of nitrogens with one attached hydrogen (secondary N) is 1. The van der Waals surface area contributed by atoms with Gasteiger partial charge in [0.2, 0.25) is 5.76 Å².